The predicted molar refractivity (Wildman–Crippen MR) is 84.6 cm³/mol. The van der Waals surface area contributed by atoms with E-state index >= 15 is 0 Å². The number of hydrogen-bond acceptors (Lipinski definition) is 4. The number of carbonyl (C=O) groups excluding carboxylic acids is 1. The summed E-state index contributed by atoms with van der Waals surface area (Å²) in [5.74, 6) is 2.68. The lowest BCUT2D eigenvalue weighted by Crippen LogP contribution is -2.34. The molecule has 0 bridgehead atoms. The van der Waals surface area contributed by atoms with Crippen LogP contribution in [-0.4, -0.2) is 16.6 Å². The Bertz CT molecular complexity index is 809. The average molecular weight is 307 g/mol. The molecule has 5 nitrogen and oxygen atoms in total. The van der Waals surface area contributed by atoms with Gasteiger partial charge in [-0.05, 0) is 31.4 Å². The van der Waals surface area contributed by atoms with Crippen molar-refractivity contribution in [1.82, 2.24) is 10.4 Å². The predicted octanol–water partition coefficient (Wildman–Crippen LogP) is 2.57. The molecule has 1 aromatic carbocycles. The lowest BCUT2D eigenvalue weighted by molar-refractivity contribution is -0.122. The molecular formula is C18H17N3O2. The van der Waals surface area contributed by atoms with Crippen molar-refractivity contribution in [2.75, 3.05) is 0 Å². The van der Waals surface area contributed by atoms with E-state index in [9.17, 15) is 4.79 Å². The van der Waals surface area contributed by atoms with Gasteiger partial charge in [0.1, 0.15) is 5.76 Å². The zero-order valence-electron chi connectivity index (χ0n) is 12.7. The van der Waals surface area contributed by atoms with Gasteiger partial charge in [0, 0.05) is 35.4 Å². The Morgan fingerprint density at radius 3 is 2.91 bits per heavy atom. The van der Waals surface area contributed by atoms with Crippen LogP contribution in [0.15, 0.2) is 39.9 Å². The maximum Gasteiger partial charge on any atom is 0.243 e. The van der Waals surface area contributed by atoms with Crippen molar-refractivity contribution < 1.29 is 9.21 Å². The molecular weight excluding hydrogens is 290 g/mol. The molecule has 3 aliphatic rings. The maximum absolute atomic E-state index is 11.6. The fourth-order valence-corrected chi connectivity index (χ4v) is 3.82. The first kappa shape index (κ1) is 13.0. The Morgan fingerprint density at radius 1 is 1.17 bits per heavy atom. The number of nitrogens with zero attached hydrogens (tertiary/aromatic N) is 2. The number of benzene rings is 1. The molecule has 3 atom stereocenters. The van der Waals surface area contributed by atoms with Gasteiger partial charge in [0.2, 0.25) is 11.8 Å². The normalized spacial score (nSPS) is 28.4. The molecule has 23 heavy (non-hydrogen) atoms. The summed E-state index contributed by atoms with van der Waals surface area (Å²) < 4.78 is 6.03. The van der Waals surface area contributed by atoms with Crippen molar-refractivity contribution in [3.63, 3.8) is 0 Å². The van der Waals surface area contributed by atoms with Crippen LogP contribution < -0.4 is 5.43 Å². The first-order valence-electron chi connectivity index (χ1n) is 8.21. The van der Waals surface area contributed by atoms with E-state index in [1.165, 1.54) is 0 Å². The summed E-state index contributed by atoms with van der Waals surface area (Å²) in [6.07, 6.45) is 3.75. The van der Waals surface area contributed by atoms with Gasteiger partial charge in [0.25, 0.3) is 0 Å². The quantitative estimate of drug-likeness (QED) is 0.927. The zero-order valence-corrected chi connectivity index (χ0v) is 12.7. The van der Waals surface area contributed by atoms with Gasteiger partial charge < -0.3 is 4.42 Å². The van der Waals surface area contributed by atoms with Crippen LogP contribution in [0.2, 0.25) is 0 Å². The standard InChI is InChI=1S/C18H17N3O2/c22-17-13-9-12(13)16(20-21-17)11-6-7-14-15(8-11)23-18(19-14)10-4-2-1-3-5-10/h1-5,11-13H,6-9H2,(H,21,22). The number of nitrogens with one attached hydrogen (secondary N) is 1. The van der Waals surface area contributed by atoms with Gasteiger partial charge in [-0.15, -0.1) is 0 Å². The molecule has 0 radical (unpaired) electrons. The van der Waals surface area contributed by atoms with E-state index in [1.54, 1.807) is 0 Å². The van der Waals surface area contributed by atoms with E-state index in [2.05, 4.69) is 15.5 Å². The van der Waals surface area contributed by atoms with E-state index in [0.717, 1.165) is 48.4 Å². The first-order chi connectivity index (χ1) is 11.3. The first-order valence-corrected chi connectivity index (χ1v) is 8.21. The van der Waals surface area contributed by atoms with Crippen molar-refractivity contribution in [2.24, 2.45) is 22.9 Å². The van der Waals surface area contributed by atoms with Gasteiger partial charge in [0.05, 0.1) is 5.69 Å². The highest BCUT2D eigenvalue weighted by molar-refractivity contribution is 6.01. The SMILES string of the molecule is O=C1NN=C(C2CCc3nc(-c4ccccc4)oc3C2)C2CC12. The molecule has 1 aromatic heterocycles. The van der Waals surface area contributed by atoms with E-state index in [-0.39, 0.29) is 11.8 Å². The minimum absolute atomic E-state index is 0.0845. The Labute approximate surface area is 133 Å². The molecule has 1 saturated carbocycles. The number of rotatable bonds is 2. The van der Waals surface area contributed by atoms with Gasteiger partial charge >= 0.3 is 0 Å². The molecule has 3 unspecified atom stereocenters. The molecule has 2 heterocycles. The van der Waals surface area contributed by atoms with Crippen LogP contribution in [0.25, 0.3) is 11.5 Å². The summed E-state index contributed by atoms with van der Waals surface area (Å²) in [5.41, 5.74) is 5.94. The Balaban J connectivity index is 1.41. The van der Waals surface area contributed by atoms with Crippen molar-refractivity contribution in [1.29, 1.82) is 0 Å². The highest BCUT2D eigenvalue weighted by atomic mass is 16.4. The van der Waals surface area contributed by atoms with Crippen LogP contribution in [0, 0.1) is 17.8 Å². The van der Waals surface area contributed by atoms with Gasteiger partial charge in [-0.25, -0.2) is 10.4 Å². The third-order valence-corrected chi connectivity index (χ3v) is 5.18. The molecule has 1 N–H and O–H groups in total. The minimum Gasteiger partial charge on any atom is -0.441 e. The number of amides is 1. The van der Waals surface area contributed by atoms with E-state index in [4.69, 9.17) is 4.42 Å². The Hall–Kier alpha value is -2.43. The van der Waals surface area contributed by atoms with Gasteiger partial charge in [-0.1, -0.05) is 18.2 Å². The Kier molecular flexibility index (Phi) is 2.71. The number of hydrogen-bond donors (Lipinski definition) is 1. The van der Waals surface area contributed by atoms with E-state index < -0.39 is 0 Å². The maximum atomic E-state index is 11.6. The van der Waals surface area contributed by atoms with E-state index in [1.807, 2.05) is 30.3 Å². The summed E-state index contributed by atoms with van der Waals surface area (Å²) in [6, 6.07) is 10.0. The van der Waals surface area contributed by atoms with Crippen LogP contribution >= 0.6 is 0 Å². The molecule has 5 rings (SSSR count). The van der Waals surface area contributed by atoms with Gasteiger partial charge in [-0.2, -0.15) is 5.10 Å². The number of oxazole rings is 1. The molecule has 0 spiro atoms. The van der Waals surface area contributed by atoms with Crippen molar-refractivity contribution in [3.8, 4) is 11.5 Å². The molecule has 116 valence electrons. The fraction of sp³-hybridized carbons (Fsp3) is 0.389. The molecule has 1 amide bonds. The summed E-state index contributed by atoms with van der Waals surface area (Å²) in [4.78, 5) is 16.2. The third-order valence-electron chi connectivity index (χ3n) is 5.18. The number of fused-ring (bicyclic) bond motifs is 2. The summed E-state index contributed by atoms with van der Waals surface area (Å²) >= 11 is 0. The largest absolute Gasteiger partial charge is 0.441 e. The second kappa shape index (κ2) is 4.78. The zero-order chi connectivity index (χ0) is 15.4. The smallest absolute Gasteiger partial charge is 0.243 e. The topological polar surface area (TPSA) is 67.5 Å². The molecule has 1 fully saturated rings. The van der Waals surface area contributed by atoms with Crippen molar-refractivity contribution >= 4 is 11.6 Å². The number of hydrazone groups is 1. The number of aromatic nitrogens is 1. The fourth-order valence-electron chi connectivity index (χ4n) is 3.82. The third kappa shape index (κ3) is 2.11. The number of carbonyl (C=O) groups is 1. The summed E-state index contributed by atoms with van der Waals surface area (Å²) in [6.45, 7) is 0. The van der Waals surface area contributed by atoms with Crippen LogP contribution in [-0.2, 0) is 17.6 Å². The van der Waals surface area contributed by atoms with Crippen molar-refractivity contribution in [3.05, 3.63) is 41.8 Å². The van der Waals surface area contributed by atoms with Crippen molar-refractivity contribution in [2.45, 2.75) is 25.7 Å². The second-order valence-corrected chi connectivity index (χ2v) is 6.66. The van der Waals surface area contributed by atoms with Crippen LogP contribution in [0.1, 0.15) is 24.3 Å². The molecule has 0 saturated heterocycles. The lowest BCUT2D eigenvalue weighted by Gasteiger charge is -2.23. The summed E-state index contributed by atoms with van der Waals surface area (Å²) in [5, 5.41) is 4.35. The molecule has 1 aliphatic heterocycles. The van der Waals surface area contributed by atoms with E-state index in [0.29, 0.717) is 17.7 Å². The van der Waals surface area contributed by atoms with Gasteiger partial charge in [-0.3, -0.25) is 4.79 Å². The molecule has 2 aliphatic carbocycles. The highest BCUT2D eigenvalue weighted by Gasteiger charge is 2.51. The lowest BCUT2D eigenvalue weighted by atomic mass is 9.84. The monoisotopic (exact) mass is 307 g/mol. The van der Waals surface area contributed by atoms with Crippen LogP contribution in [0.5, 0.6) is 0 Å². The average Bonchev–Trinajstić information content (AvgIpc) is 3.28. The van der Waals surface area contributed by atoms with Crippen LogP contribution in [0.3, 0.4) is 0 Å². The molecule has 5 heteroatoms. The highest BCUT2D eigenvalue weighted by Crippen LogP contribution is 2.45. The summed E-state index contributed by atoms with van der Waals surface area (Å²) in [7, 11) is 0. The van der Waals surface area contributed by atoms with Gasteiger partial charge in [0.15, 0.2) is 0 Å². The van der Waals surface area contributed by atoms with Crippen LogP contribution in [0.4, 0.5) is 0 Å². The number of aryl methyl sites for hydroxylation is 1. The Morgan fingerprint density at radius 2 is 2.04 bits per heavy atom. The minimum atomic E-state index is 0.0845. The second-order valence-electron chi connectivity index (χ2n) is 6.66. The molecule has 2 aromatic rings.